The van der Waals surface area contributed by atoms with Gasteiger partial charge in [-0.05, 0) is 44.3 Å². The summed E-state index contributed by atoms with van der Waals surface area (Å²) in [5.74, 6) is 0.0317. The molecule has 0 spiro atoms. The molecule has 4 heteroatoms. The van der Waals surface area contributed by atoms with Gasteiger partial charge in [0.25, 0.3) is 0 Å². The summed E-state index contributed by atoms with van der Waals surface area (Å²) in [4.78, 5) is 15.6. The zero-order valence-electron chi connectivity index (χ0n) is 7.46. The summed E-state index contributed by atoms with van der Waals surface area (Å²) in [6, 6.07) is 1.81. The Hall–Kier alpha value is -0.480. The molecular formula is C10H9Br2NO. The molecule has 1 aromatic heterocycles. The van der Waals surface area contributed by atoms with Gasteiger partial charge in [-0.2, -0.15) is 0 Å². The van der Waals surface area contributed by atoms with Crippen LogP contribution in [0.4, 0.5) is 0 Å². The van der Waals surface area contributed by atoms with Crippen molar-refractivity contribution >= 4 is 37.6 Å². The molecule has 0 aliphatic carbocycles. The summed E-state index contributed by atoms with van der Waals surface area (Å²) in [7, 11) is 0. The van der Waals surface area contributed by atoms with Crippen LogP contribution < -0.4 is 0 Å². The van der Waals surface area contributed by atoms with Gasteiger partial charge >= 0.3 is 0 Å². The Balaban J connectivity index is 2.84. The van der Waals surface area contributed by atoms with Crippen molar-refractivity contribution in [3.8, 4) is 0 Å². The van der Waals surface area contributed by atoms with Gasteiger partial charge < -0.3 is 0 Å². The fraction of sp³-hybridized carbons (Fsp3) is 0.200. The van der Waals surface area contributed by atoms with E-state index in [-0.39, 0.29) is 5.78 Å². The summed E-state index contributed by atoms with van der Waals surface area (Å²) in [6.45, 7) is 3.57. The van der Waals surface area contributed by atoms with Crippen molar-refractivity contribution in [1.29, 1.82) is 0 Å². The Morgan fingerprint density at radius 1 is 1.57 bits per heavy atom. The third-order valence-corrected chi connectivity index (χ3v) is 2.69. The zero-order chi connectivity index (χ0) is 10.6. The van der Waals surface area contributed by atoms with E-state index in [9.17, 15) is 4.79 Å². The number of pyridine rings is 1. The normalized spacial score (nSPS) is 9.86. The van der Waals surface area contributed by atoms with Crippen LogP contribution in [0.3, 0.4) is 0 Å². The minimum atomic E-state index is 0.0317. The van der Waals surface area contributed by atoms with E-state index in [2.05, 4.69) is 43.4 Å². The molecule has 0 atom stereocenters. The number of rotatable bonds is 4. The highest BCUT2D eigenvalue weighted by molar-refractivity contribution is 9.11. The summed E-state index contributed by atoms with van der Waals surface area (Å²) in [5, 5.41) is 0. The van der Waals surface area contributed by atoms with Gasteiger partial charge in [0, 0.05) is 21.6 Å². The lowest BCUT2D eigenvalue weighted by atomic mass is 10.1. The molecular weight excluding hydrogens is 310 g/mol. The molecule has 0 aliphatic rings. The first-order chi connectivity index (χ1) is 6.65. The van der Waals surface area contributed by atoms with E-state index in [0.29, 0.717) is 18.5 Å². The van der Waals surface area contributed by atoms with E-state index < -0.39 is 0 Å². The number of halogens is 2. The first-order valence-corrected chi connectivity index (χ1v) is 5.69. The quantitative estimate of drug-likeness (QED) is 0.625. The molecule has 74 valence electrons. The molecule has 1 heterocycles. The van der Waals surface area contributed by atoms with Crippen LogP contribution in [0.2, 0.25) is 0 Å². The van der Waals surface area contributed by atoms with Crippen LogP contribution in [0.1, 0.15) is 23.3 Å². The SMILES string of the molecule is C=CCCC(=O)c1ncc(Br)cc1Br. The second-order valence-corrected chi connectivity index (χ2v) is 4.50. The molecule has 0 bridgehead atoms. The molecule has 0 unspecified atom stereocenters. The molecule has 0 saturated carbocycles. The number of ketones is 1. The van der Waals surface area contributed by atoms with Crippen LogP contribution in [-0.2, 0) is 0 Å². The van der Waals surface area contributed by atoms with Gasteiger partial charge in [0.05, 0.1) is 0 Å². The Morgan fingerprint density at radius 2 is 2.29 bits per heavy atom. The van der Waals surface area contributed by atoms with Crippen LogP contribution in [0.15, 0.2) is 33.9 Å². The predicted octanol–water partition coefficient (Wildman–Crippen LogP) is 3.76. The molecule has 0 fully saturated rings. The monoisotopic (exact) mass is 317 g/mol. The average Bonchev–Trinajstić information content (AvgIpc) is 2.14. The van der Waals surface area contributed by atoms with Crippen molar-refractivity contribution < 1.29 is 4.79 Å². The van der Waals surface area contributed by atoms with Gasteiger partial charge in [-0.25, -0.2) is 0 Å². The minimum Gasteiger partial charge on any atom is -0.292 e. The fourth-order valence-corrected chi connectivity index (χ4v) is 2.18. The standard InChI is InChI=1S/C10H9Br2NO/c1-2-3-4-9(14)10-8(12)5-7(11)6-13-10/h2,5-6H,1,3-4H2. The topological polar surface area (TPSA) is 30.0 Å². The molecule has 0 N–H and O–H groups in total. The third kappa shape index (κ3) is 3.03. The van der Waals surface area contributed by atoms with E-state index in [0.717, 1.165) is 8.95 Å². The van der Waals surface area contributed by atoms with Crippen molar-refractivity contribution in [2.75, 3.05) is 0 Å². The molecule has 14 heavy (non-hydrogen) atoms. The molecule has 1 aromatic rings. The number of allylic oxidation sites excluding steroid dienone is 1. The van der Waals surface area contributed by atoms with Crippen LogP contribution >= 0.6 is 31.9 Å². The molecule has 0 radical (unpaired) electrons. The largest absolute Gasteiger partial charge is 0.292 e. The summed E-state index contributed by atoms with van der Waals surface area (Å²) in [6.07, 6.45) is 4.48. The van der Waals surface area contributed by atoms with Crippen molar-refractivity contribution in [3.63, 3.8) is 0 Å². The van der Waals surface area contributed by atoms with Crippen LogP contribution in [0.25, 0.3) is 0 Å². The number of carbonyl (C=O) groups is 1. The van der Waals surface area contributed by atoms with Crippen molar-refractivity contribution in [2.45, 2.75) is 12.8 Å². The van der Waals surface area contributed by atoms with Gasteiger partial charge in [0.2, 0.25) is 0 Å². The number of hydrogen-bond donors (Lipinski definition) is 0. The van der Waals surface area contributed by atoms with Crippen molar-refractivity contribution in [3.05, 3.63) is 39.6 Å². The number of hydrogen-bond acceptors (Lipinski definition) is 2. The second-order valence-electron chi connectivity index (χ2n) is 2.73. The Bertz CT molecular complexity index is 363. The van der Waals surface area contributed by atoms with Gasteiger partial charge in [-0.3, -0.25) is 9.78 Å². The minimum absolute atomic E-state index is 0.0317. The highest BCUT2D eigenvalue weighted by Gasteiger charge is 2.10. The van der Waals surface area contributed by atoms with Crippen molar-refractivity contribution in [1.82, 2.24) is 4.98 Å². The predicted molar refractivity (Wildman–Crippen MR) is 63.4 cm³/mol. The summed E-state index contributed by atoms with van der Waals surface area (Å²) < 4.78 is 1.57. The number of Topliss-reactive ketones (excluding diaryl/α,β-unsaturated/α-hetero) is 1. The van der Waals surface area contributed by atoms with Crippen LogP contribution in [0, 0.1) is 0 Å². The van der Waals surface area contributed by atoms with E-state index >= 15 is 0 Å². The van der Waals surface area contributed by atoms with E-state index in [1.54, 1.807) is 12.3 Å². The summed E-state index contributed by atoms with van der Waals surface area (Å²) >= 11 is 6.58. The van der Waals surface area contributed by atoms with E-state index in [4.69, 9.17) is 0 Å². The smallest absolute Gasteiger partial charge is 0.182 e. The maximum Gasteiger partial charge on any atom is 0.182 e. The molecule has 0 aliphatic heterocycles. The van der Waals surface area contributed by atoms with Crippen LogP contribution in [0.5, 0.6) is 0 Å². The molecule has 0 amide bonds. The number of carbonyl (C=O) groups excluding carboxylic acids is 1. The Labute approximate surface area is 99.7 Å². The third-order valence-electron chi connectivity index (χ3n) is 1.65. The first kappa shape index (κ1) is 11.6. The first-order valence-electron chi connectivity index (χ1n) is 4.10. The van der Waals surface area contributed by atoms with Gasteiger partial charge in [-0.15, -0.1) is 6.58 Å². The van der Waals surface area contributed by atoms with E-state index in [1.165, 1.54) is 0 Å². The lowest BCUT2D eigenvalue weighted by molar-refractivity contribution is 0.0978. The van der Waals surface area contributed by atoms with E-state index in [1.807, 2.05) is 6.07 Å². The molecule has 0 aromatic carbocycles. The molecule has 2 nitrogen and oxygen atoms in total. The maximum absolute atomic E-state index is 11.6. The highest BCUT2D eigenvalue weighted by Crippen LogP contribution is 2.20. The fourth-order valence-electron chi connectivity index (χ4n) is 0.971. The molecule has 1 rings (SSSR count). The lowest BCUT2D eigenvalue weighted by Crippen LogP contribution is -2.02. The Kier molecular flexibility index (Phi) is 4.48. The maximum atomic E-state index is 11.6. The Morgan fingerprint density at radius 3 is 2.86 bits per heavy atom. The zero-order valence-corrected chi connectivity index (χ0v) is 10.6. The average molecular weight is 319 g/mol. The van der Waals surface area contributed by atoms with Gasteiger partial charge in [0.15, 0.2) is 5.78 Å². The highest BCUT2D eigenvalue weighted by atomic mass is 79.9. The second kappa shape index (κ2) is 5.41. The van der Waals surface area contributed by atoms with Crippen molar-refractivity contribution in [2.24, 2.45) is 0 Å². The van der Waals surface area contributed by atoms with Crippen LogP contribution in [-0.4, -0.2) is 10.8 Å². The number of nitrogens with zero attached hydrogens (tertiary/aromatic N) is 1. The van der Waals surface area contributed by atoms with Gasteiger partial charge in [0.1, 0.15) is 5.69 Å². The number of aromatic nitrogens is 1. The lowest BCUT2D eigenvalue weighted by Gasteiger charge is -2.01. The summed E-state index contributed by atoms with van der Waals surface area (Å²) in [5.41, 5.74) is 0.482. The van der Waals surface area contributed by atoms with Gasteiger partial charge in [-0.1, -0.05) is 6.08 Å². The molecule has 0 saturated heterocycles.